The van der Waals surface area contributed by atoms with Crippen LogP contribution < -0.4 is 9.47 Å². The lowest BCUT2D eigenvalue weighted by Crippen LogP contribution is -1.92. The number of hydrogen-bond donors (Lipinski definition) is 0. The molecule has 2 aromatic carbocycles. The van der Waals surface area contributed by atoms with Crippen molar-refractivity contribution in [2.24, 2.45) is 0 Å². The standard InChI is InChI=1S/C19H14N2O3/c1-22-15-9-5-6-10-16(15)23-18-14-11-17(13-7-3-2-4-8-13)24-19(14)21-12-20-18/h2-12H,1H3. The van der Waals surface area contributed by atoms with Crippen molar-refractivity contribution in [1.29, 1.82) is 0 Å². The summed E-state index contributed by atoms with van der Waals surface area (Å²) in [5.41, 5.74) is 1.45. The number of methoxy groups -OCH3 is 1. The lowest BCUT2D eigenvalue weighted by Gasteiger charge is -2.08. The van der Waals surface area contributed by atoms with Crippen LogP contribution in [0.25, 0.3) is 22.4 Å². The molecule has 4 aromatic rings. The molecule has 2 heterocycles. The Kier molecular flexibility index (Phi) is 3.59. The van der Waals surface area contributed by atoms with Crippen LogP contribution in [0.5, 0.6) is 17.4 Å². The third kappa shape index (κ3) is 2.56. The van der Waals surface area contributed by atoms with E-state index in [2.05, 4.69) is 9.97 Å². The zero-order valence-electron chi connectivity index (χ0n) is 13.0. The molecule has 24 heavy (non-hydrogen) atoms. The van der Waals surface area contributed by atoms with Gasteiger partial charge in [0.25, 0.3) is 0 Å². The quantitative estimate of drug-likeness (QED) is 0.546. The highest BCUT2D eigenvalue weighted by Crippen LogP contribution is 2.35. The molecule has 2 aromatic heterocycles. The van der Waals surface area contributed by atoms with Crippen molar-refractivity contribution in [3.05, 3.63) is 67.0 Å². The zero-order chi connectivity index (χ0) is 16.4. The van der Waals surface area contributed by atoms with E-state index in [-0.39, 0.29) is 0 Å². The van der Waals surface area contributed by atoms with Crippen molar-refractivity contribution >= 4 is 11.1 Å². The van der Waals surface area contributed by atoms with Gasteiger partial charge in [0, 0.05) is 5.56 Å². The summed E-state index contributed by atoms with van der Waals surface area (Å²) in [6.45, 7) is 0. The van der Waals surface area contributed by atoms with Crippen LogP contribution in [-0.2, 0) is 0 Å². The minimum atomic E-state index is 0.426. The van der Waals surface area contributed by atoms with Crippen molar-refractivity contribution in [3.8, 4) is 28.7 Å². The number of para-hydroxylation sites is 2. The summed E-state index contributed by atoms with van der Waals surface area (Å²) in [5, 5.41) is 0.710. The molecule has 5 nitrogen and oxygen atoms in total. The summed E-state index contributed by atoms with van der Waals surface area (Å²) in [4.78, 5) is 8.42. The third-order valence-corrected chi connectivity index (χ3v) is 3.63. The van der Waals surface area contributed by atoms with Crippen LogP contribution in [0, 0.1) is 0 Å². The lowest BCUT2D eigenvalue weighted by atomic mass is 10.2. The van der Waals surface area contributed by atoms with Gasteiger partial charge in [0.15, 0.2) is 11.5 Å². The largest absolute Gasteiger partial charge is 0.493 e. The molecule has 0 aliphatic carbocycles. The first-order chi connectivity index (χ1) is 11.8. The van der Waals surface area contributed by atoms with Crippen LogP contribution in [0.1, 0.15) is 0 Å². The zero-order valence-corrected chi connectivity index (χ0v) is 13.0. The number of furan rings is 1. The molecule has 0 unspecified atom stereocenters. The first kappa shape index (κ1) is 14.3. The number of ether oxygens (including phenoxy) is 2. The summed E-state index contributed by atoms with van der Waals surface area (Å²) < 4.78 is 17.1. The first-order valence-corrected chi connectivity index (χ1v) is 7.46. The van der Waals surface area contributed by atoms with Gasteiger partial charge in [-0.2, -0.15) is 0 Å². The Bertz CT molecular complexity index is 980. The number of hydrogen-bond acceptors (Lipinski definition) is 5. The van der Waals surface area contributed by atoms with Gasteiger partial charge in [-0.05, 0) is 18.2 Å². The Balaban J connectivity index is 1.78. The van der Waals surface area contributed by atoms with E-state index >= 15 is 0 Å². The van der Waals surface area contributed by atoms with Crippen LogP contribution in [-0.4, -0.2) is 17.1 Å². The van der Waals surface area contributed by atoms with E-state index in [1.807, 2.05) is 60.7 Å². The predicted molar refractivity (Wildman–Crippen MR) is 90.3 cm³/mol. The van der Waals surface area contributed by atoms with Crippen molar-refractivity contribution in [2.45, 2.75) is 0 Å². The fraction of sp³-hybridized carbons (Fsp3) is 0.0526. The second kappa shape index (κ2) is 6.04. The smallest absolute Gasteiger partial charge is 0.233 e. The summed E-state index contributed by atoms with van der Waals surface area (Å²) in [6, 6.07) is 19.1. The van der Waals surface area contributed by atoms with Gasteiger partial charge in [-0.25, -0.2) is 9.97 Å². The molecule has 0 fully saturated rings. The van der Waals surface area contributed by atoms with Crippen LogP contribution in [0.3, 0.4) is 0 Å². The SMILES string of the molecule is COc1ccccc1Oc1ncnc2oc(-c3ccccc3)cc12. The Hall–Kier alpha value is -3.34. The van der Waals surface area contributed by atoms with Gasteiger partial charge in [-0.15, -0.1) is 0 Å². The fourth-order valence-corrected chi connectivity index (χ4v) is 2.47. The van der Waals surface area contributed by atoms with Gasteiger partial charge < -0.3 is 13.9 Å². The first-order valence-electron chi connectivity index (χ1n) is 7.46. The molecular formula is C19H14N2O3. The van der Waals surface area contributed by atoms with Crippen LogP contribution in [0.15, 0.2) is 71.4 Å². The van der Waals surface area contributed by atoms with Crippen molar-refractivity contribution in [2.75, 3.05) is 7.11 Å². The van der Waals surface area contributed by atoms with Crippen LogP contribution >= 0.6 is 0 Å². The fourth-order valence-electron chi connectivity index (χ4n) is 2.47. The van der Waals surface area contributed by atoms with E-state index in [1.54, 1.807) is 7.11 Å². The van der Waals surface area contributed by atoms with E-state index in [1.165, 1.54) is 6.33 Å². The molecule has 4 rings (SSSR count). The van der Waals surface area contributed by atoms with E-state index in [4.69, 9.17) is 13.9 Å². The number of nitrogens with zero attached hydrogens (tertiary/aromatic N) is 2. The van der Waals surface area contributed by atoms with Gasteiger partial charge in [-0.3, -0.25) is 0 Å². The number of fused-ring (bicyclic) bond motifs is 1. The van der Waals surface area contributed by atoms with Gasteiger partial charge in [0.1, 0.15) is 17.5 Å². The van der Waals surface area contributed by atoms with Crippen LogP contribution in [0.2, 0.25) is 0 Å². The van der Waals surface area contributed by atoms with E-state index in [0.29, 0.717) is 28.5 Å². The summed E-state index contributed by atoms with van der Waals surface area (Å²) in [6.07, 6.45) is 1.42. The molecule has 0 aliphatic heterocycles. The van der Waals surface area contributed by atoms with Crippen molar-refractivity contribution in [1.82, 2.24) is 9.97 Å². The van der Waals surface area contributed by atoms with E-state index in [9.17, 15) is 0 Å². The molecule has 0 saturated heterocycles. The normalized spacial score (nSPS) is 10.7. The van der Waals surface area contributed by atoms with E-state index < -0.39 is 0 Å². The molecule has 118 valence electrons. The Labute approximate surface area is 138 Å². The number of rotatable bonds is 4. The Morgan fingerprint density at radius 3 is 2.42 bits per heavy atom. The average molecular weight is 318 g/mol. The Morgan fingerprint density at radius 1 is 0.875 bits per heavy atom. The summed E-state index contributed by atoms with van der Waals surface area (Å²) >= 11 is 0. The molecule has 0 spiro atoms. The van der Waals surface area contributed by atoms with Gasteiger partial charge in [-0.1, -0.05) is 42.5 Å². The second-order valence-corrected chi connectivity index (χ2v) is 5.13. The lowest BCUT2D eigenvalue weighted by molar-refractivity contribution is 0.375. The minimum absolute atomic E-state index is 0.426. The predicted octanol–water partition coefficient (Wildman–Crippen LogP) is 4.69. The maximum atomic E-state index is 5.93. The summed E-state index contributed by atoms with van der Waals surface area (Å²) in [7, 11) is 1.60. The summed E-state index contributed by atoms with van der Waals surface area (Å²) in [5.74, 6) is 2.37. The molecule has 0 amide bonds. The topological polar surface area (TPSA) is 57.4 Å². The molecule has 0 aliphatic rings. The maximum Gasteiger partial charge on any atom is 0.233 e. The molecule has 0 atom stereocenters. The molecule has 0 bridgehead atoms. The Morgan fingerprint density at radius 2 is 1.62 bits per heavy atom. The van der Waals surface area contributed by atoms with Crippen molar-refractivity contribution < 1.29 is 13.9 Å². The molecule has 5 heteroatoms. The monoisotopic (exact) mass is 318 g/mol. The highest BCUT2D eigenvalue weighted by molar-refractivity contribution is 5.84. The maximum absolute atomic E-state index is 5.93. The van der Waals surface area contributed by atoms with Gasteiger partial charge >= 0.3 is 0 Å². The molecular weight excluding hydrogens is 304 g/mol. The minimum Gasteiger partial charge on any atom is -0.493 e. The van der Waals surface area contributed by atoms with Crippen molar-refractivity contribution in [3.63, 3.8) is 0 Å². The number of aromatic nitrogens is 2. The number of benzene rings is 2. The molecule has 0 radical (unpaired) electrons. The molecule has 0 N–H and O–H groups in total. The van der Waals surface area contributed by atoms with Gasteiger partial charge in [0.2, 0.25) is 11.6 Å². The highest BCUT2D eigenvalue weighted by atomic mass is 16.5. The third-order valence-electron chi connectivity index (χ3n) is 3.63. The molecule has 0 saturated carbocycles. The van der Waals surface area contributed by atoms with Gasteiger partial charge in [0.05, 0.1) is 7.11 Å². The van der Waals surface area contributed by atoms with Crippen LogP contribution in [0.4, 0.5) is 0 Å². The average Bonchev–Trinajstić information content (AvgIpc) is 3.08. The highest BCUT2D eigenvalue weighted by Gasteiger charge is 2.14. The van der Waals surface area contributed by atoms with E-state index in [0.717, 1.165) is 11.3 Å². The second-order valence-electron chi connectivity index (χ2n) is 5.13.